The number of rotatable bonds is 2. The summed E-state index contributed by atoms with van der Waals surface area (Å²) in [4.78, 5) is 10.2. The Bertz CT molecular complexity index is 105. The van der Waals surface area contributed by atoms with Gasteiger partial charge in [-0.3, -0.25) is 4.79 Å². The quantitative estimate of drug-likeness (QED) is 0.581. The van der Waals surface area contributed by atoms with Crippen LogP contribution < -0.4 is 0 Å². The van der Waals surface area contributed by atoms with Crippen molar-refractivity contribution in [2.75, 3.05) is 0 Å². The second kappa shape index (κ2) is 1.77. The fourth-order valence-corrected chi connectivity index (χ4v) is 0.680. The topological polar surface area (TPSA) is 37.3 Å². The monoisotopic (exact) mass is 113 g/mol. The summed E-state index contributed by atoms with van der Waals surface area (Å²) in [6.45, 7) is 1.74. The first-order valence-electron chi connectivity index (χ1n) is 2.79. The molecule has 0 heterocycles. The van der Waals surface area contributed by atoms with Gasteiger partial charge in [-0.05, 0) is 18.8 Å². The summed E-state index contributed by atoms with van der Waals surface area (Å²) in [5, 5.41) is 8.37. The zero-order chi connectivity index (χ0) is 6.15. The second-order valence-corrected chi connectivity index (χ2v) is 2.22. The number of hydrogen-bond acceptors (Lipinski definition) is 1. The van der Waals surface area contributed by atoms with E-state index in [2.05, 4.69) is 0 Å². The summed E-state index contributed by atoms with van der Waals surface area (Å²) < 4.78 is 0. The Morgan fingerprint density at radius 2 is 2.25 bits per heavy atom. The Labute approximate surface area is 48.5 Å². The molecule has 1 aliphatic rings. The van der Waals surface area contributed by atoms with Gasteiger partial charge in [0.15, 0.2) is 0 Å². The van der Waals surface area contributed by atoms with E-state index in [-0.39, 0.29) is 5.92 Å². The van der Waals surface area contributed by atoms with E-state index < -0.39 is 5.97 Å². The molecule has 1 unspecified atom stereocenters. The molecule has 1 N–H and O–H groups in total. The van der Waals surface area contributed by atoms with Crippen LogP contribution in [0.4, 0.5) is 0 Å². The van der Waals surface area contributed by atoms with Crippen molar-refractivity contribution in [3.05, 3.63) is 5.92 Å². The molecule has 0 amide bonds. The van der Waals surface area contributed by atoms with Gasteiger partial charge in [0.2, 0.25) is 0 Å². The Morgan fingerprint density at radius 1 is 1.75 bits per heavy atom. The average Bonchev–Trinajstić information content (AvgIpc) is 2.43. The Hall–Kier alpha value is -0.530. The highest BCUT2D eigenvalue weighted by Crippen LogP contribution is 2.38. The van der Waals surface area contributed by atoms with Crippen molar-refractivity contribution in [1.29, 1.82) is 0 Å². The normalized spacial score (nSPS) is 22.6. The predicted molar refractivity (Wildman–Crippen MR) is 29.3 cm³/mol. The molecule has 2 nitrogen and oxygen atoms in total. The van der Waals surface area contributed by atoms with Crippen LogP contribution in [0.2, 0.25) is 0 Å². The van der Waals surface area contributed by atoms with Gasteiger partial charge in [-0.15, -0.1) is 0 Å². The van der Waals surface area contributed by atoms with Gasteiger partial charge in [-0.1, -0.05) is 6.92 Å². The number of aliphatic carboxylic acids is 1. The molecule has 2 heteroatoms. The molecule has 1 rings (SSSR count). The zero-order valence-electron chi connectivity index (χ0n) is 4.85. The summed E-state index contributed by atoms with van der Waals surface area (Å²) in [6.07, 6.45) is 2.07. The van der Waals surface area contributed by atoms with Crippen LogP contribution in [0.15, 0.2) is 0 Å². The molecule has 1 radical (unpaired) electrons. The molecule has 0 aromatic carbocycles. The van der Waals surface area contributed by atoms with Gasteiger partial charge in [0.1, 0.15) is 0 Å². The lowest BCUT2D eigenvalue weighted by Gasteiger charge is -1.98. The van der Waals surface area contributed by atoms with Gasteiger partial charge < -0.3 is 5.11 Å². The third-order valence-electron chi connectivity index (χ3n) is 1.52. The minimum Gasteiger partial charge on any atom is -0.481 e. The molecule has 1 fully saturated rings. The van der Waals surface area contributed by atoms with E-state index in [1.54, 1.807) is 6.92 Å². The molecular formula is C6H9O2. The van der Waals surface area contributed by atoms with Gasteiger partial charge in [0, 0.05) is 0 Å². The molecule has 45 valence electrons. The molecular weight excluding hydrogens is 104 g/mol. The van der Waals surface area contributed by atoms with Crippen molar-refractivity contribution in [2.24, 2.45) is 5.92 Å². The van der Waals surface area contributed by atoms with Crippen molar-refractivity contribution in [2.45, 2.75) is 19.8 Å². The van der Waals surface area contributed by atoms with E-state index in [4.69, 9.17) is 5.11 Å². The van der Waals surface area contributed by atoms with Gasteiger partial charge in [0.25, 0.3) is 0 Å². The maximum Gasteiger partial charge on any atom is 0.306 e. The van der Waals surface area contributed by atoms with Gasteiger partial charge in [0.05, 0.1) is 5.92 Å². The lowest BCUT2D eigenvalue weighted by atomic mass is 10.1. The summed E-state index contributed by atoms with van der Waals surface area (Å²) >= 11 is 0. The number of carboxylic acids is 1. The van der Waals surface area contributed by atoms with Crippen LogP contribution in [0.1, 0.15) is 19.8 Å². The smallest absolute Gasteiger partial charge is 0.306 e. The number of carboxylic acid groups (broad SMARTS) is 1. The maximum atomic E-state index is 10.2. The van der Waals surface area contributed by atoms with Crippen LogP contribution in [0.5, 0.6) is 0 Å². The average molecular weight is 113 g/mol. The van der Waals surface area contributed by atoms with Crippen LogP contribution >= 0.6 is 0 Å². The molecule has 0 saturated heterocycles. The van der Waals surface area contributed by atoms with E-state index in [9.17, 15) is 4.79 Å². The van der Waals surface area contributed by atoms with Crippen LogP contribution in [0.3, 0.4) is 0 Å². The van der Waals surface area contributed by atoms with Crippen LogP contribution in [-0.4, -0.2) is 11.1 Å². The van der Waals surface area contributed by atoms with Crippen LogP contribution in [0.25, 0.3) is 0 Å². The largest absolute Gasteiger partial charge is 0.481 e. The van der Waals surface area contributed by atoms with Crippen molar-refractivity contribution in [1.82, 2.24) is 0 Å². The first-order chi connectivity index (χ1) is 3.72. The van der Waals surface area contributed by atoms with Crippen molar-refractivity contribution >= 4 is 5.97 Å². The fourth-order valence-electron chi connectivity index (χ4n) is 0.680. The van der Waals surface area contributed by atoms with Crippen molar-refractivity contribution in [3.63, 3.8) is 0 Å². The highest BCUT2D eigenvalue weighted by molar-refractivity contribution is 5.73. The third kappa shape index (κ3) is 0.997. The Balaban J connectivity index is 2.32. The SMILES string of the molecule is CC([C]1CC1)C(=O)O. The van der Waals surface area contributed by atoms with Crippen LogP contribution in [-0.2, 0) is 4.79 Å². The zero-order valence-corrected chi connectivity index (χ0v) is 4.85. The van der Waals surface area contributed by atoms with Crippen molar-refractivity contribution < 1.29 is 9.90 Å². The molecule has 0 aromatic rings. The highest BCUT2D eigenvalue weighted by Gasteiger charge is 2.32. The van der Waals surface area contributed by atoms with Gasteiger partial charge in [-0.2, -0.15) is 0 Å². The molecule has 1 atom stereocenters. The first kappa shape index (κ1) is 5.60. The molecule has 0 aliphatic heterocycles. The number of hydrogen-bond donors (Lipinski definition) is 1. The minimum absolute atomic E-state index is 0.185. The maximum absolute atomic E-state index is 10.2. The van der Waals surface area contributed by atoms with Gasteiger partial charge >= 0.3 is 5.97 Å². The van der Waals surface area contributed by atoms with E-state index >= 15 is 0 Å². The van der Waals surface area contributed by atoms with E-state index in [0.717, 1.165) is 12.8 Å². The summed E-state index contributed by atoms with van der Waals surface area (Å²) in [5.41, 5.74) is 0. The Kier molecular flexibility index (Phi) is 1.24. The summed E-state index contributed by atoms with van der Waals surface area (Å²) in [7, 11) is 0. The second-order valence-electron chi connectivity index (χ2n) is 2.22. The fraction of sp³-hybridized carbons (Fsp3) is 0.667. The van der Waals surface area contributed by atoms with Crippen molar-refractivity contribution in [3.8, 4) is 0 Å². The van der Waals surface area contributed by atoms with Crippen LogP contribution in [0, 0.1) is 11.8 Å². The summed E-state index contributed by atoms with van der Waals surface area (Å²) in [5.74, 6) is 0.324. The standard InChI is InChI=1S/C6H9O2/c1-4(6(7)8)5-2-3-5/h4H,2-3H2,1H3,(H,7,8). The number of carbonyl (C=O) groups is 1. The predicted octanol–water partition coefficient (Wildman–Crippen LogP) is 1.08. The molecule has 0 aromatic heterocycles. The molecule has 1 saturated carbocycles. The molecule has 8 heavy (non-hydrogen) atoms. The lowest BCUT2D eigenvalue weighted by Crippen LogP contribution is -2.09. The lowest BCUT2D eigenvalue weighted by molar-refractivity contribution is -0.140. The molecule has 0 bridgehead atoms. The minimum atomic E-state index is -0.683. The molecule has 0 spiro atoms. The summed E-state index contributed by atoms with van der Waals surface area (Å²) in [6, 6.07) is 0. The Morgan fingerprint density at radius 3 is 2.38 bits per heavy atom. The first-order valence-corrected chi connectivity index (χ1v) is 2.79. The van der Waals surface area contributed by atoms with E-state index in [1.165, 1.54) is 5.92 Å². The highest BCUT2D eigenvalue weighted by atomic mass is 16.4. The van der Waals surface area contributed by atoms with Gasteiger partial charge in [-0.25, -0.2) is 0 Å². The third-order valence-corrected chi connectivity index (χ3v) is 1.52. The van der Waals surface area contributed by atoms with E-state index in [1.807, 2.05) is 0 Å². The molecule has 1 aliphatic carbocycles. The van der Waals surface area contributed by atoms with E-state index in [0.29, 0.717) is 0 Å².